The Bertz CT molecular complexity index is 601. The zero-order chi connectivity index (χ0) is 15.5. The van der Waals surface area contributed by atoms with Crippen LogP contribution in [0.2, 0.25) is 0 Å². The summed E-state index contributed by atoms with van der Waals surface area (Å²) in [6.45, 7) is 5.92. The first kappa shape index (κ1) is 14.9. The van der Waals surface area contributed by atoms with Gasteiger partial charge in [-0.05, 0) is 54.3 Å². The smallest absolute Gasteiger partial charge is 0.123 e. The summed E-state index contributed by atoms with van der Waals surface area (Å²) >= 11 is 0. The Labute approximate surface area is 129 Å². The summed E-state index contributed by atoms with van der Waals surface area (Å²) < 4.78 is 26.5. The average molecular weight is 299 g/mol. The summed E-state index contributed by atoms with van der Waals surface area (Å²) in [4.78, 5) is 0. The van der Waals surface area contributed by atoms with E-state index in [4.69, 9.17) is 0 Å². The summed E-state index contributed by atoms with van der Waals surface area (Å²) in [6.07, 6.45) is 0.970. The van der Waals surface area contributed by atoms with Gasteiger partial charge in [-0.3, -0.25) is 0 Å². The van der Waals surface area contributed by atoms with Crippen molar-refractivity contribution in [2.45, 2.75) is 12.3 Å². The van der Waals surface area contributed by atoms with Gasteiger partial charge in [-0.1, -0.05) is 36.4 Å². The Morgan fingerprint density at radius 1 is 0.909 bits per heavy atom. The summed E-state index contributed by atoms with van der Waals surface area (Å²) in [7, 11) is 0. The molecule has 1 N–H and O–H groups in total. The van der Waals surface area contributed by atoms with Gasteiger partial charge in [0.05, 0.1) is 0 Å². The van der Waals surface area contributed by atoms with Crippen LogP contribution in [-0.4, -0.2) is 13.1 Å². The van der Waals surface area contributed by atoms with Crippen molar-refractivity contribution in [3.63, 3.8) is 0 Å². The summed E-state index contributed by atoms with van der Waals surface area (Å²) in [6, 6.07) is 13.2. The second kappa shape index (κ2) is 6.41. The molecule has 0 aromatic heterocycles. The molecule has 1 heterocycles. The van der Waals surface area contributed by atoms with Crippen LogP contribution in [0.1, 0.15) is 23.5 Å². The lowest BCUT2D eigenvalue weighted by atomic mass is 9.74. The molecule has 0 amide bonds. The first-order valence-corrected chi connectivity index (χ1v) is 7.54. The number of benzene rings is 2. The van der Waals surface area contributed by atoms with Gasteiger partial charge in [0.2, 0.25) is 0 Å². The largest absolute Gasteiger partial charge is 0.313 e. The molecule has 0 radical (unpaired) electrons. The zero-order valence-corrected chi connectivity index (χ0v) is 12.4. The maximum atomic E-state index is 13.2. The molecule has 1 fully saturated rings. The van der Waals surface area contributed by atoms with E-state index in [1.165, 1.54) is 24.3 Å². The Morgan fingerprint density at radius 3 is 1.86 bits per heavy atom. The van der Waals surface area contributed by atoms with Crippen LogP contribution in [0.3, 0.4) is 0 Å². The molecule has 1 saturated heterocycles. The molecule has 3 rings (SSSR count). The highest BCUT2D eigenvalue weighted by Crippen LogP contribution is 2.38. The Balaban J connectivity index is 2.02. The first-order chi connectivity index (χ1) is 10.6. The molecule has 1 atom stereocenters. The van der Waals surface area contributed by atoms with Crippen LogP contribution in [-0.2, 0) is 0 Å². The number of piperidine rings is 1. The molecule has 0 aliphatic carbocycles. The average Bonchev–Trinajstić information content (AvgIpc) is 2.53. The number of nitrogens with one attached hydrogen (secondary N) is 1. The molecule has 2 aromatic carbocycles. The van der Waals surface area contributed by atoms with Crippen LogP contribution in [0.15, 0.2) is 60.7 Å². The fourth-order valence-corrected chi connectivity index (χ4v) is 3.24. The Hall–Kier alpha value is -2.00. The monoisotopic (exact) mass is 299 g/mol. The third-order valence-corrected chi connectivity index (χ3v) is 4.37. The van der Waals surface area contributed by atoms with Gasteiger partial charge >= 0.3 is 0 Å². The molecule has 3 heteroatoms. The van der Waals surface area contributed by atoms with Crippen molar-refractivity contribution in [1.82, 2.24) is 5.32 Å². The quantitative estimate of drug-likeness (QED) is 0.835. The van der Waals surface area contributed by atoms with Crippen molar-refractivity contribution in [3.05, 3.63) is 83.4 Å². The molecule has 1 unspecified atom stereocenters. The van der Waals surface area contributed by atoms with Crippen molar-refractivity contribution < 1.29 is 8.78 Å². The molecular weight excluding hydrogens is 280 g/mol. The molecule has 0 bridgehead atoms. The van der Waals surface area contributed by atoms with Gasteiger partial charge in [0, 0.05) is 12.5 Å². The maximum absolute atomic E-state index is 13.2. The minimum atomic E-state index is -0.245. The van der Waals surface area contributed by atoms with E-state index in [-0.39, 0.29) is 23.5 Å². The van der Waals surface area contributed by atoms with Gasteiger partial charge in [0.25, 0.3) is 0 Å². The van der Waals surface area contributed by atoms with E-state index in [9.17, 15) is 8.78 Å². The molecule has 2 aromatic rings. The molecular formula is C19H19F2N. The number of hydrogen-bond donors (Lipinski definition) is 1. The van der Waals surface area contributed by atoms with Crippen LogP contribution < -0.4 is 5.32 Å². The fourth-order valence-electron chi connectivity index (χ4n) is 3.24. The van der Waals surface area contributed by atoms with E-state index in [1.54, 1.807) is 0 Å². The first-order valence-electron chi connectivity index (χ1n) is 7.54. The second-order valence-corrected chi connectivity index (χ2v) is 5.81. The third kappa shape index (κ3) is 3.09. The van der Waals surface area contributed by atoms with Gasteiger partial charge in [-0.15, -0.1) is 0 Å². The number of hydrogen-bond acceptors (Lipinski definition) is 1. The van der Waals surface area contributed by atoms with Gasteiger partial charge in [-0.2, -0.15) is 0 Å². The standard InChI is InChI=1S/C19H19F2N/c1-13-12-22-11-10-18(13)19(14-2-6-16(20)7-3-14)15-4-8-17(21)9-5-15/h2-9,18-19,22H,1,10-12H2. The third-order valence-electron chi connectivity index (χ3n) is 4.37. The molecule has 1 nitrogen and oxygen atoms in total. The normalized spacial score (nSPS) is 18.7. The highest BCUT2D eigenvalue weighted by Gasteiger charge is 2.28. The zero-order valence-electron chi connectivity index (χ0n) is 12.4. The molecule has 0 saturated carbocycles. The minimum absolute atomic E-state index is 0.0794. The number of rotatable bonds is 3. The summed E-state index contributed by atoms with van der Waals surface area (Å²) in [5, 5.41) is 3.32. The topological polar surface area (TPSA) is 12.0 Å². The number of halogens is 2. The van der Waals surface area contributed by atoms with Gasteiger partial charge in [0.15, 0.2) is 0 Å². The van der Waals surface area contributed by atoms with Crippen LogP contribution in [0.25, 0.3) is 0 Å². The maximum Gasteiger partial charge on any atom is 0.123 e. The minimum Gasteiger partial charge on any atom is -0.313 e. The van der Waals surface area contributed by atoms with Crippen molar-refractivity contribution >= 4 is 0 Å². The molecule has 0 spiro atoms. The van der Waals surface area contributed by atoms with Crippen molar-refractivity contribution in [3.8, 4) is 0 Å². The van der Waals surface area contributed by atoms with Crippen LogP contribution in [0.4, 0.5) is 8.78 Å². The molecule has 22 heavy (non-hydrogen) atoms. The van der Waals surface area contributed by atoms with E-state index in [0.717, 1.165) is 36.2 Å². The Morgan fingerprint density at radius 2 is 1.41 bits per heavy atom. The van der Waals surface area contributed by atoms with Gasteiger partial charge < -0.3 is 5.32 Å². The van der Waals surface area contributed by atoms with Crippen molar-refractivity contribution in [2.24, 2.45) is 5.92 Å². The van der Waals surface area contributed by atoms with Crippen LogP contribution in [0.5, 0.6) is 0 Å². The van der Waals surface area contributed by atoms with E-state index in [0.29, 0.717) is 0 Å². The van der Waals surface area contributed by atoms with Gasteiger partial charge in [0.1, 0.15) is 11.6 Å². The summed E-state index contributed by atoms with van der Waals surface area (Å²) in [5.41, 5.74) is 3.23. The Kier molecular flexibility index (Phi) is 4.34. The van der Waals surface area contributed by atoms with E-state index >= 15 is 0 Å². The SMILES string of the molecule is C=C1CNCCC1C(c1ccc(F)cc1)c1ccc(F)cc1. The predicted molar refractivity (Wildman–Crippen MR) is 84.8 cm³/mol. The molecule has 114 valence electrons. The van der Waals surface area contributed by atoms with E-state index < -0.39 is 0 Å². The van der Waals surface area contributed by atoms with Crippen LogP contribution in [0, 0.1) is 17.6 Å². The highest BCUT2D eigenvalue weighted by atomic mass is 19.1. The second-order valence-electron chi connectivity index (χ2n) is 5.81. The molecule has 1 aliphatic heterocycles. The summed E-state index contributed by atoms with van der Waals surface area (Å²) in [5.74, 6) is -0.135. The van der Waals surface area contributed by atoms with E-state index in [1.807, 2.05) is 24.3 Å². The van der Waals surface area contributed by atoms with Crippen molar-refractivity contribution in [1.29, 1.82) is 0 Å². The molecule has 1 aliphatic rings. The van der Waals surface area contributed by atoms with Gasteiger partial charge in [-0.25, -0.2) is 8.78 Å². The fraction of sp³-hybridized carbons (Fsp3) is 0.263. The lowest BCUT2D eigenvalue weighted by molar-refractivity contribution is 0.429. The lowest BCUT2D eigenvalue weighted by Gasteiger charge is -2.33. The van der Waals surface area contributed by atoms with Crippen molar-refractivity contribution in [2.75, 3.05) is 13.1 Å². The van der Waals surface area contributed by atoms with E-state index in [2.05, 4.69) is 11.9 Å². The highest BCUT2D eigenvalue weighted by molar-refractivity contribution is 5.36. The lowest BCUT2D eigenvalue weighted by Crippen LogP contribution is -2.33. The predicted octanol–water partition coefficient (Wildman–Crippen LogP) is 4.26. The van der Waals surface area contributed by atoms with Crippen LogP contribution >= 0.6 is 0 Å².